The molecule has 0 aliphatic carbocycles. The van der Waals surface area contributed by atoms with Crippen LogP contribution in [0.1, 0.15) is 49.3 Å². The first-order valence-corrected chi connectivity index (χ1v) is 9.15. The number of halogens is 2. The van der Waals surface area contributed by atoms with Crippen LogP contribution in [-0.2, 0) is 11.8 Å². The fourth-order valence-electron chi connectivity index (χ4n) is 2.90. The molecule has 0 saturated carbocycles. The first-order valence-electron chi connectivity index (χ1n) is 9.15. The van der Waals surface area contributed by atoms with Gasteiger partial charge in [-0.2, -0.15) is 0 Å². The number of benzene rings is 2. The zero-order valence-electron chi connectivity index (χ0n) is 16.4. The zero-order valence-corrected chi connectivity index (χ0v) is 16.4. The Bertz CT molecular complexity index is 1000. The van der Waals surface area contributed by atoms with Crippen molar-refractivity contribution in [2.75, 3.05) is 5.32 Å². The van der Waals surface area contributed by atoms with Crippen molar-refractivity contribution in [2.45, 2.75) is 39.5 Å². The Hall–Kier alpha value is -3.02. The van der Waals surface area contributed by atoms with Gasteiger partial charge in [0.1, 0.15) is 11.5 Å². The Morgan fingerprint density at radius 1 is 1.07 bits per heavy atom. The zero-order chi connectivity index (χ0) is 20.5. The quantitative estimate of drug-likeness (QED) is 0.668. The Kier molecular flexibility index (Phi) is 5.31. The van der Waals surface area contributed by atoms with E-state index in [0.717, 1.165) is 11.6 Å². The van der Waals surface area contributed by atoms with Gasteiger partial charge in [0.25, 0.3) is 5.91 Å². The van der Waals surface area contributed by atoms with Crippen molar-refractivity contribution in [3.8, 4) is 5.69 Å². The van der Waals surface area contributed by atoms with Crippen LogP contribution in [0, 0.1) is 11.6 Å². The van der Waals surface area contributed by atoms with Crippen LogP contribution in [0.2, 0.25) is 0 Å². The van der Waals surface area contributed by atoms with Crippen molar-refractivity contribution in [3.63, 3.8) is 0 Å². The molecule has 1 aromatic heterocycles. The summed E-state index contributed by atoms with van der Waals surface area (Å²) in [5, 5.41) is 7.03. The molecule has 0 fully saturated rings. The first kappa shape index (κ1) is 19.7. The van der Waals surface area contributed by atoms with E-state index in [1.165, 1.54) is 16.8 Å². The summed E-state index contributed by atoms with van der Waals surface area (Å²) in [5.74, 6) is -1.36. The van der Waals surface area contributed by atoms with Gasteiger partial charge in [-0.05, 0) is 41.7 Å². The number of nitrogens with zero attached hydrogens (tertiary/aromatic N) is 2. The molecule has 0 atom stereocenters. The molecule has 0 aliphatic rings. The highest BCUT2D eigenvalue weighted by Gasteiger charge is 2.17. The lowest BCUT2D eigenvalue weighted by Gasteiger charge is -2.18. The molecule has 28 heavy (non-hydrogen) atoms. The number of hydrogen-bond donors (Lipinski definition) is 1. The van der Waals surface area contributed by atoms with Crippen LogP contribution in [0.3, 0.4) is 0 Å². The standard InChI is InChI=1S/C22H23F2N3O/c1-5-17-13-20(26-27(17)19-11-10-16(23)12-18(19)24)25-21(28)14-6-8-15(9-7-14)22(2,3)4/h6-13H,5H2,1-4H3,(H,25,26,28). The van der Waals surface area contributed by atoms with E-state index < -0.39 is 11.6 Å². The third-order valence-electron chi connectivity index (χ3n) is 4.54. The summed E-state index contributed by atoms with van der Waals surface area (Å²) in [5.41, 5.74) is 2.47. The minimum absolute atomic E-state index is 0.00302. The molecule has 146 valence electrons. The minimum Gasteiger partial charge on any atom is -0.305 e. The molecule has 3 rings (SSSR count). The Balaban J connectivity index is 1.85. The summed E-state index contributed by atoms with van der Waals surface area (Å²) in [6.07, 6.45) is 0.569. The van der Waals surface area contributed by atoms with Crippen molar-refractivity contribution >= 4 is 11.7 Å². The minimum atomic E-state index is -0.714. The second kappa shape index (κ2) is 7.54. The predicted molar refractivity (Wildman–Crippen MR) is 106 cm³/mol. The van der Waals surface area contributed by atoms with Gasteiger partial charge in [0, 0.05) is 23.4 Å². The third-order valence-corrected chi connectivity index (χ3v) is 4.54. The number of anilines is 1. The molecule has 0 bridgehead atoms. The number of carbonyl (C=O) groups is 1. The van der Waals surface area contributed by atoms with Gasteiger partial charge in [0.05, 0.1) is 0 Å². The summed E-state index contributed by atoms with van der Waals surface area (Å²) in [6, 6.07) is 12.4. The van der Waals surface area contributed by atoms with Gasteiger partial charge in [0.2, 0.25) is 0 Å². The normalized spacial score (nSPS) is 11.5. The molecule has 6 heteroatoms. The van der Waals surface area contributed by atoms with Crippen molar-refractivity contribution in [1.82, 2.24) is 9.78 Å². The van der Waals surface area contributed by atoms with E-state index in [4.69, 9.17) is 0 Å². The molecule has 1 heterocycles. The van der Waals surface area contributed by atoms with E-state index in [1.807, 2.05) is 19.1 Å². The highest BCUT2D eigenvalue weighted by atomic mass is 19.1. The molecule has 0 unspecified atom stereocenters. The number of hydrogen-bond acceptors (Lipinski definition) is 2. The summed E-state index contributed by atoms with van der Waals surface area (Å²) in [7, 11) is 0. The van der Waals surface area contributed by atoms with E-state index in [9.17, 15) is 13.6 Å². The summed E-state index contributed by atoms with van der Waals surface area (Å²) in [4.78, 5) is 12.5. The van der Waals surface area contributed by atoms with Crippen molar-refractivity contribution in [3.05, 3.63) is 77.0 Å². The average Bonchev–Trinajstić information content (AvgIpc) is 3.03. The Morgan fingerprint density at radius 3 is 2.32 bits per heavy atom. The summed E-state index contributed by atoms with van der Waals surface area (Å²) >= 11 is 0. The molecule has 2 aromatic carbocycles. The van der Waals surface area contributed by atoms with Gasteiger partial charge in [-0.15, -0.1) is 5.10 Å². The molecule has 1 amide bonds. The van der Waals surface area contributed by atoms with Crippen molar-refractivity contribution < 1.29 is 13.6 Å². The van der Waals surface area contributed by atoms with Crippen molar-refractivity contribution in [1.29, 1.82) is 0 Å². The molecule has 4 nitrogen and oxygen atoms in total. The third kappa shape index (κ3) is 4.11. The van der Waals surface area contributed by atoms with E-state index in [0.29, 0.717) is 23.5 Å². The lowest BCUT2D eigenvalue weighted by Crippen LogP contribution is -2.14. The Labute approximate surface area is 163 Å². The average molecular weight is 383 g/mol. The fourth-order valence-corrected chi connectivity index (χ4v) is 2.90. The summed E-state index contributed by atoms with van der Waals surface area (Å²) < 4.78 is 28.7. The second-order valence-corrected chi connectivity index (χ2v) is 7.66. The topological polar surface area (TPSA) is 46.9 Å². The fraction of sp³-hybridized carbons (Fsp3) is 0.273. The number of carbonyl (C=O) groups excluding carboxylic acids is 1. The number of aryl methyl sites for hydroxylation is 1. The molecule has 3 aromatic rings. The molecule has 0 spiro atoms. The van der Waals surface area contributed by atoms with Gasteiger partial charge >= 0.3 is 0 Å². The molecule has 1 N–H and O–H groups in total. The van der Waals surface area contributed by atoms with Crippen LogP contribution in [-0.4, -0.2) is 15.7 Å². The van der Waals surface area contributed by atoms with Gasteiger partial charge in [0.15, 0.2) is 11.6 Å². The smallest absolute Gasteiger partial charge is 0.256 e. The largest absolute Gasteiger partial charge is 0.305 e. The van der Waals surface area contributed by atoms with Gasteiger partial charge in [-0.1, -0.05) is 39.8 Å². The molecule has 0 radical (unpaired) electrons. The van der Waals surface area contributed by atoms with E-state index >= 15 is 0 Å². The highest BCUT2D eigenvalue weighted by molar-refractivity contribution is 6.03. The lowest BCUT2D eigenvalue weighted by atomic mass is 9.87. The van der Waals surface area contributed by atoms with E-state index in [2.05, 4.69) is 31.2 Å². The maximum Gasteiger partial charge on any atom is 0.256 e. The van der Waals surface area contributed by atoms with E-state index in [-0.39, 0.29) is 17.0 Å². The van der Waals surface area contributed by atoms with Gasteiger partial charge in [-0.25, -0.2) is 13.5 Å². The van der Waals surface area contributed by atoms with Crippen LogP contribution in [0.4, 0.5) is 14.6 Å². The lowest BCUT2D eigenvalue weighted by molar-refractivity contribution is 0.102. The van der Waals surface area contributed by atoms with Crippen LogP contribution in [0.15, 0.2) is 48.5 Å². The highest BCUT2D eigenvalue weighted by Crippen LogP contribution is 2.23. The maximum atomic E-state index is 14.1. The molecule has 0 aliphatic heterocycles. The SMILES string of the molecule is CCc1cc(NC(=O)c2ccc(C(C)(C)C)cc2)nn1-c1ccc(F)cc1F. The van der Waals surface area contributed by atoms with Crippen LogP contribution < -0.4 is 5.32 Å². The van der Waals surface area contributed by atoms with Gasteiger partial charge < -0.3 is 5.32 Å². The van der Waals surface area contributed by atoms with Crippen LogP contribution in [0.25, 0.3) is 5.69 Å². The second-order valence-electron chi connectivity index (χ2n) is 7.66. The maximum absolute atomic E-state index is 14.1. The number of amides is 1. The molecule has 0 saturated heterocycles. The molecular weight excluding hydrogens is 360 g/mol. The monoisotopic (exact) mass is 383 g/mol. The summed E-state index contributed by atoms with van der Waals surface area (Å²) in [6.45, 7) is 8.21. The van der Waals surface area contributed by atoms with Gasteiger partial charge in [-0.3, -0.25) is 4.79 Å². The number of nitrogens with one attached hydrogen (secondary N) is 1. The van der Waals surface area contributed by atoms with Crippen LogP contribution in [0.5, 0.6) is 0 Å². The Morgan fingerprint density at radius 2 is 1.75 bits per heavy atom. The van der Waals surface area contributed by atoms with Crippen molar-refractivity contribution in [2.24, 2.45) is 0 Å². The number of rotatable bonds is 4. The number of aromatic nitrogens is 2. The molecular formula is C22H23F2N3O. The van der Waals surface area contributed by atoms with Crippen LogP contribution >= 0.6 is 0 Å². The van der Waals surface area contributed by atoms with E-state index in [1.54, 1.807) is 18.2 Å². The first-order chi connectivity index (χ1) is 13.2. The predicted octanol–water partition coefficient (Wildman–Crippen LogP) is 5.26.